The van der Waals surface area contributed by atoms with Crippen molar-refractivity contribution in [3.63, 3.8) is 0 Å². The van der Waals surface area contributed by atoms with Crippen LogP contribution in [0.2, 0.25) is 0 Å². The van der Waals surface area contributed by atoms with Crippen molar-refractivity contribution in [1.82, 2.24) is 14.9 Å². The fourth-order valence-corrected chi connectivity index (χ4v) is 2.78. The van der Waals surface area contributed by atoms with E-state index in [-0.39, 0.29) is 18.3 Å². The van der Waals surface area contributed by atoms with Crippen molar-refractivity contribution in [2.75, 3.05) is 6.61 Å². The zero-order valence-electron chi connectivity index (χ0n) is 15.4. The predicted octanol–water partition coefficient (Wildman–Crippen LogP) is 3.41. The van der Waals surface area contributed by atoms with Crippen molar-refractivity contribution in [2.45, 2.75) is 19.4 Å². The molecule has 1 amide bonds. The van der Waals surface area contributed by atoms with Crippen LogP contribution in [0.15, 0.2) is 60.9 Å². The summed E-state index contributed by atoms with van der Waals surface area (Å²) in [6.45, 7) is 1.96. The summed E-state index contributed by atoms with van der Waals surface area (Å²) in [5.41, 5.74) is 1.95. The molecule has 0 bridgehead atoms. The smallest absolute Gasteiger partial charge is 0.258 e. The Hall–Kier alpha value is -3.15. The van der Waals surface area contributed by atoms with Gasteiger partial charge in [-0.2, -0.15) is 0 Å². The Balaban J connectivity index is 1.70. The van der Waals surface area contributed by atoms with E-state index >= 15 is 0 Å². The summed E-state index contributed by atoms with van der Waals surface area (Å²) in [6.07, 6.45) is 4.40. The lowest BCUT2D eigenvalue weighted by Gasteiger charge is -2.19. The molecule has 0 saturated carbocycles. The number of halogens is 1. The molecule has 0 aliphatic heterocycles. The van der Waals surface area contributed by atoms with Gasteiger partial charge in [0.05, 0.1) is 0 Å². The number of carbonyl (C=O) groups is 1. The van der Waals surface area contributed by atoms with Crippen molar-refractivity contribution in [1.29, 1.82) is 0 Å². The van der Waals surface area contributed by atoms with E-state index < -0.39 is 6.04 Å². The van der Waals surface area contributed by atoms with E-state index in [4.69, 9.17) is 4.74 Å². The van der Waals surface area contributed by atoms with E-state index in [2.05, 4.69) is 17.2 Å². The molecular weight excluding hydrogens is 345 g/mol. The number of aryl methyl sites for hydroxylation is 2. The molecule has 1 atom stereocenters. The van der Waals surface area contributed by atoms with Gasteiger partial charge in [-0.25, -0.2) is 9.37 Å². The van der Waals surface area contributed by atoms with Crippen LogP contribution in [0.4, 0.5) is 4.39 Å². The highest BCUT2D eigenvalue weighted by Crippen LogP contribution is 2.21. The summed E-state index contributed by atoms with van der Waals surface area (Å²) in [7, 11) is 1.84. The Morgan fingerprint density at radius 1 is 1.19 bits per heavy atom. The van der Waals surface area contributed by atoms with Crippen LogP contribution in [-0.2, 0) is 18.3 Å². The fourth-order valence-electron chi connectivity index (χ4n) is 2.78. The molecule has 140 valence electrons. The van der Waals surface area contributed by atoms with Gasteiger partial charge in [-0.05, 0) is 41.8 Å². The van der Waals surface area contributed by atoms with Crippen LogP contribution in [-0.4, -0.2) is 22.1 Å². The number of nitrogens with zero attached hydrogens (tertiary/aromatic N) is 2. The molecule has 1 N–H and O–H groups in total. The minimum Gasteiger partial charge on any atom is -0.484 e. The molecule has 5 nitrogen and oxygen atoms in total. The number of benzene rings is 2. The van der Waals surface area contributed by atoms with E-state index in [9.17, 15) is 9.18 Å². The summed E-state index contributed by atoms with van der Waals surface area (Å²) in [5, 5.41) is 2.92. The molecule has 3 rings (SSSR count). The first-order valence-corrected chi connectivity index (χ1v) is 8.80. The van der Waals surface area contributed by atoms with Crippen LogP contribution in [0.1, 0.15) is 29.9 Å². The lowest BCUT2D eigenvalue weighted by atomic mass is 10.1. The Morgan fingerprint density at radius 3 is 2.48 bits per heavy atom. The maximum atomic E-state index is 13.3. The molecule has 0 radical (unpaired) electrons. The minimum absolute atomic E-state index is 0.117. The Kier molecular flexibility index (Phi) is 5.86. The van der Waals surface area contributed by atoms with Crippen molar-refractivity contribution in [3.8, 4) is 5.75 Å². The second-order valence-corrected chi connectivity index (χ2v) is 6.23. The molecule has 1 unspecified atom stereocenters. The molecular formula is C21H22FN3O2. The van der Waals surface area contributed by atoms with E-state index in [0.29, 0.717) is 11.6 Å². The summed E-state index contributed by atoms with van der Waals surface area (Å²) in [5.74, 6) is 0.675. The van der Waals surface area contributed by atoms with Gasteiger partial charge >= 0.3 is 0 Å². The average Bonchev–Trinajstić information content (AvgIpc) is 3.11. The first-order chi connectivity index (χ1) is 13.1. The number of carbonyl (C=O) groups excluding carboxylic acids is 1. The third-order valence-corrected chi connectivity index (χ3v) is 4.33. The molecule has 0 spiro atoms. The molecule has 0 fully saturated rings. The zero-order chi connectivity index (χ0) is 19.2. The van der Waals surface area contributed by atoms with Gasteiger partial charge in [0.15, 0.2) is 6.61 Å². The summed E-state index contributed by atoms with van der Waals surface area (Å²) < 4.78 is 20.7. The molecule has 0 aliphatic carbocycles. The van der Waals surface area contributed by atoms with Crippen molar-refractivity contribution < 1.29 is 13.9 Å². The van der Waals surface area contributed by atoms with E-state index in [1.165, 1.54) is 17.7 Å². The van der Waals surface area contributed by atoms with Gasteiger partial charge in [0.2, 0.25) is 0 Å². The minimum atomic E-state index is -0.496. The third kappa shape index (κ3) is 4.73. The summed E-state index contributed by atoms with van der Waals surface area (Å²) in [6, 6.07) is 13.2. The van der Waals surface area contributed by atoms with Gasteiger partial charge < -0.3 is 14.6 Å². The van der Waals surface area contributed by atoms with Gasteiger partial charge in [0, 0.05) is 19.4 Å². The van der Waals surface area contributed by atoms with Crippen molar-refractivity contribution in [2.24, 2.45) is 7.05 Å². The van der Waals surface area contributed by atoms with Crippen molar-refractivity contribution in [3.05, 3.63) is 83.7 Å². The second-order valence-electron chi connectivity index (χ2n) is 6.23. The summed E-state index contributed by atoms with van der Waals surface area (Å²) >= 11 is 0. The summed E-state index contributed by atoms with van der Waals surface area (Å²) in [4.78, 5) is 16.8. The van der Waals surface area contributed by atoms with E-state index in [0.717, 1.165) is 12.0 Å². The molecule has 1 aromatic heterocycles. The molecule has 3 aromatic rings. The van der Waals surface area contributed by atoms with Crippen LogP contribution in [0.3, 0.4) is 0 Å². The Bertz CT molecular complexity index is 889. The predicted molar refractivity (Wildman–Crippen MR) is 101 cm³/mol. The SMILES string of the molecule is CCc1ccc(OCC(=O)NC(c2ccc(F)cc2)c2nccn2C)cc1. The second kappa shape index (κ2) is 8.49. The van der Waals surface area contributed by atoms with Gasteiger partial charge in [0.1, 0.15) is 23.4 Å². The van der Waals surface area contributed by atoms with Crippen LogP contribution in [0.5, 0.6) is 5.75 Å². The van der Waals surface area contributed by atoms with E-state index in [1.54, 1.807) is 24.5 Å². The first kappa shape index (κ1) is 18.6. The molecule has 0 saturated heterocycles. The quantitative estimate of drug-likeness (QED) is 0.696. The monoisotopic (exact) mass is 367 g/mol. The molecule has 6 heteroatoms. The maximum absolute atomic E-state index is 13.3. The highest BCUT2D eigenvalue weighted by Gasteiger charge is 2.21. The number of nitrogens with one attached hydrogen (secondary N) is 1. The third-order valence-electron chi connectivity index (χ3n) is 4.33. The van der Waals surface area contributed by atoms with E-state index in [1.807, 2.05) is 35.9 Å². The first-order valence-electron chi connectivity index (χ1n) is 8.80. The van der Waals surface area contributed by atoms with Gasteiger partial charge in [-0.1, -0.05) is 31.2 Å². The largest absolute Gasteiger partial charge is 0.484 e. The van der Waals surface area contributed by atoms with Crippen LogP contribution in [0, 0.1) is 5.82 Å². The lowest BCUT2D eigenvalue weighted by Crippen LogP contribution is -2.34. The number of rotatable bonds is 7. The number of hydrogen-bond donors (Lipinski definition) is 1. The topological polar surface area (TPSA) is 56.1 Å². The molecule has 2 aromatic carbocycles. The Morgan fingerprint density at radius 2 is 1.89 bits per heavy atom. The number of amides is 1. The van der Waals surface area contributed by atoms with Crippen LogP contribution < -0.4 is 10.1 Å². The zero-order valence-corrected chi connectivity index (χ0v) is 15.4. The van der Waals surface area contributed by atoms with Crippen LogP contribution >= 0.6 is 0 Å². The highest BCUT2D eigenvalue weighted by molar-refractivity contribution is 5.78. The molecule has 27 heavy (non-hydrogen) atoms. The highest BCUT2D eigenvalue weighted by atomic mass is 19.1. The normalized spacial score (nSPS) is 11.8. The van der Waals surface area contributed by atoms with Crippen molar-refractivity contribution >= 4 is 5.91 Å². The van der Waals surface area contributed by atoms with Gasteiger partial charge in [-0.15, -0.1) is 0 Å². The molecule has 0 aliphatic rings. The fraction of sp³-hybridized carbons (Fsp3) is 0.238. The lowest BCUT2D eigenvalue weighted by molar-refractivity contribution is -0.123. The Labute approximate surface area is 157 Å². The van der Waals surface area contributed by atoms with Gasteiger partial charge in [0.25, 0.3) is 5.91 Å². The van der Waals surface area contributed by atoms with Crippen LogP contribution in [0.25, 0.3) is 0 Å². The maximum Gasteiger partial charge on any atom is 0.258 e. The number of hydrogen-bond acceptors (Lipinski definition) is 3. The molecule has 1 heterocycles. The standard InChI is InChI=1S/C21H22FN3O2/c1-3-15-4-10-18(11-5-15)27-14-19(26)24-20(21-23-12-13-25(21)2)16-6-8-17(22)9-7-16/h4-13,20H,3,14H2,1-2H3,(H,24,26). The van der Waals surface area contributed by atoms with Gasteiger partial charge in [-0.3, -0.25) is 4.79 Å². The number of ether oxygens (including phenoxy) is 1. The number of aromatic nitrogens is 2. The average molecular weight is 367 g/mol. The number of imidazole rings is 1.